The molecule has 6 nitrogen and oxygen atoms in total. The van der Waals surface area contributed by atoms with Gasteiger partial charge in [0.15, 0.2) is 0 Å². The number of aromatic nitrogens is 5. The minimum atomic E-state index is -0.105. The first kappa shape index (κ1) is 9.57. The molecule has 2 rings (SSSR count). The summed E-state index contributed by atoms with van der Waals surface area (Å²) < 4.78 is 3.00. The Bertz CT molecular complexity index is 459. The molecule has 0 amide bonds. The molecular formula is C9H11N5O. The van der Waals surface area contributed by atoms with Gasteiger partial charge in [0, 0.05) is 13.1 Å². The van der Waals surface area contributed by atoms with Crippen LogP contribution in [0.2, 0.25) is 0 Å². The third-order valence-electron chi connectivity index (χ3n) is 2.19. The average molecular weight is 205 g/mol. The summed E-state index contributed by atoms with van der Waals surface area (Å²) in [4.78, 5) is 14.9. The van der Waals surface area contributed by atoms with Gasteiger partial charge in [0.05, 0.1) is 11.7 Å². The van der Waals surface area contributed by atoms with Crippen LogP contribution in [-0.4, -0.2) is 30.5 Å². The highest BCUT2D eigenvalue weighted by molar-refractivity contribution is 5.74. The Morgan fingerprint density at radius 1 is 1.53 bits per heavy atom. The molecule has 2 aromatic rings. The molecule has 0 saturated heterocycles. The summed E-state index contributed by atoms with van der Waals surface area (Å²) >= 11 is 0. The minimum Gasteiger partial charge on any atom is -0.273 e. The zero-order valence-electron chi connectivity index (χ0n) is 8.53. The van der Waals surface area contributed by atoms with Gasteiger partial charge in [-0.15, -0.1) is 0 Å². The molecule has 0 radical (unpaired) electrons. The van der Waals surface area contributed by atoms with Crippen molar-refractivity contribution in [2.75, 3.05) is 0 Å². The third kappa shape index (κ3) is 1.78. The Kier molecular flexibility index (Phi) is 2.32. The molecule has 15 heavy (non-hydrogen) atoms. The van der Waals surface area contributed by atoms with E-state index >= 15 is 0 Å². The van der Waals surface area contributed by atoms with Crippen molar-refractivity contribution in [3.63, 3.8) is 0 Å². The topological polar surface area (TPSA) is 65.6 Å². The molecule has 2 heterocycles. The van der Waals surface area contributed by atoms with Gasteiger partial charge in [-0.1, -0.05) is 0 Å². The standard InChI is InChI=1S/C9H11N5O/c1-7(14-6-10-5-11-14)9-3-4-13(12-9)8(2)15/h3-7H,1-2H3/t7-/m1/s1. The molecular weight excluding hydrogens is 194 g/mol. The molecule has 0 aliphatic heterocycles. The van der Waals surface area contributed by atoms with Gasteiger partial charge in [0.2, 0.25) is 5.91 Å². The molecule has 2 aromatic heterocycles. The fourth-order valence-electron chi connectivity index (χ4n) is 1.29. The van der Waals surface area contributed by atoms with Gasteiger partial charge in [-0.25, -0.2) is 14.3 Å². The van der Waals surface area contributed by atoms with Crippen LogP contribution < -0.4 is 0 Å². The van der Waals surface area contributed by atoms with Gasteiger partial charge in [0.1, 0.15) is 12.7 Å². The minimum absolute atomic E-state index is 0.0203. The van der Waals surface area contributed by atoms with Crippen molar-refractivity contribution in [2.24, 2.45) is 0 Å². The zero-order valence-corrected chi connectivity index (χ0v) is 8.53. The molecule has 1 atom stereocenters. The van der Waals surface area contributed by atoms with E-state index in [-0.39, 0.29) is 11.9 Å². The summed E-state index contributed by atoms with van der Waals surface area (Å²) in [6, 6.07) is 1.78. The van der Waals surface area contributed by atoms with Crippen molar-refractivity contribution in [1.82, 2.24) is 24.5 Å². The maximum absolute atomic E-state index is 11.0. The van der Waals surface area contributed by atoms with E-state index < -0.39 is 0 Å². The number of carbonyl (C=O) groups excluding carboxylic acids is 1. The Labute approximate surface area is 86.5 Å². The SMILES string of the molecule is CC(=O)n1ccc([C@@H](C)n2cncn2)n1. The lowest BCUT2D eigenvalue weighted by Gasteiger charge is -2.07. The number of hydrogen-bond donors (Lipinski definition) is 0. The van der Waals surface area contributed by atoms with Crippen LogP contribution in [0.4, 0.5) is 0 Å². The van der Waals surface area contributed by atoms with E-state index in [1.165, 1.54) is 17.9 Å². The summed E-state index contributed by atoms with van der Waals surface area (Å²) in [5.74, 6) is -0.105. The normalized spacial score (nSPS) is 12.7. The van der Waals surface area contributed by atoms with E-state index in [1.54, 1.807) is 23.3 Å². The predicted octanol–water partition coefficient (Wildman–Crippen LogP) is 0.744. The van der Waals surface area contributed by atoms with Crippen LogP contribution in [0, 0.1) is 0 Å². The van der Waals surface area contributed by atoms with E-state index in [0.29, 0.717) is 0 Å². The summed E-state index contributed by atoms with van der Waals surface area (Å²) in [7, 11) is 0. The van der Waals surface area contributed by atoms with Gasteiger partial charge in [-0.3, -0.25) is 4.79 Å². The largest absolute Gasteiger partial charge is 0.273 e. The Balaban J connectivity index is 2.26. The summed E-state index contributed by atoms with van der Waals surface area (Å²) in [5, 5.41) is 8.16. The maximum Gasteiger partial charge on any atom is 0.243 e. The number of rotatable bonds is 2. The van der Waals surface area contributed by atoms with E-state index in [4.69, 9.17) is 0 Å². The van der Waals surface area contributed by atoms with Crippen molar-refractivity contribution < 1.29 is 4.79 Å². The fraction of sp³-hybridized carbons (Fsp3) is 0.333. The fourth-order valence-corrected chi connectivity index (χ4v) is 1.29. The number of nitrogens with zero attached hydrogens (tertiary/aromatic N) is 5. The van der Waals surface area contributed by atoms with E-state index in [0.717, 1.165) is 5.69 Å². The second-order valence-corrected chi connectivity index (χ2v) is 3.26. The summed E-state index contributed by atoms with van der Waals surface area (Å²) in [6.07, 6.45) is 4.74. The van der Waals surface area contributed by atoms with E-state index in [1.807, 2.05) is 6.92 Å². The van der Waals surface area contributed by atoms with Crippen LogP contribution in [0.1, 0.15) is 30.4 Å². The number of carbonyl (C=O) groups is 1. The van der Waals surface area contributed by atoms with Gasteiger partial charge >= 0.3 is 0 Å². The lowest BCUT2D eigenvalue weighted by Crippen LogP contribution is -2.11. The van der Waals surface area contributed by atoms with Crippen LogP contribution in [0.5, 0.6) is 0 Å². The van der Waals surface area contributed by atoms with Crippen LogP contribution in [0.3, 0.4) is 0 Å². The molecule has 0 unspecified atom stereocenters. The first-order chi connectivity index (χ1) is 7.18. The lowest BCUT2D eigenvalue weighted by molar-refractivity contribution is 0.0920. The van der Waals surface area contributed by atoms with Crippen molar-refractivity contribution in [3.8, 4) is 0 Å². The van der Waals surface area contributed by atoms with E-state index in [2.05, 4.69) is 15.2 Å². The van der Waals surface area contributed by atoms with Crippen LogP contribution >= 0.6 is 0 Å². The quantitative estimate of drug-likeness (QED) is 0.725. The smallest absolute Gasteiger partial charge is 0.243 e. The Morgan fingerprint density at radius 2 is 2.33 bits per heavy atom. The van der Waals surface area contributed by atoms with Crippen molar-refractivity contribution in [2.45, 2.75) is 19.9 Å². The predicted molar refractivity (Wildman–Crippen MR) is 52.4 cm³/mol. The van der Waals surface area contributed by atoms with Crippen molar-refractivity contribution in [1.29, 1.82) is 0 Å². The van der Waals surface area contributed by atoms with Crippen molar-refractivity contribution in [3.05, 3.63) is 30.6 Å². The molecule has 0 aromatic carbocycles. The highest BCUT2D eigenvalue weighted by Gasteiger charge is 2.12. The average Bonchev–Trinajstić information content (AvgIpc) is 2.88. The first-order valence-corrected chi connectivity index (χ1v) is 4.59. The molecule has 0 aliphatic carbocycles. The van der Waals surface area contributed by atoms with Crippen molar-refractivity contribution >= 4 is 5.91 Å². The van der Waals surface area contributed by atoms with Gasteiger partial charge < -0.3 is 0 Å². The Hall–Kier alpha value is -1.98. The molecule has 6 heteroatoms. The molecule has 78 valence electrons. The molecule has 0 fully saturated rings. The van der Waals surface area contributed by atoms with Gasteiger partial charge in [0.25, 0.3) is 0 Å². The number of hydrogen-bond acceptors (Lipinski definition) is 4. The second-order valence-electron chi connectivity index (χ2n) is 3.26. The maximum atomic E-state index is 11.0. The second kappa shape index (κ2) is 3.64. The van der Waals surface area contributed by atoms with Gasteiger partial charge in [-0.05, 0) is 13.0 Å². The van der Waals surface area contributed by atoms with Crippen LogP contribution in [0.25, 0.3) is 0 Å². The zero-order chi connectivity index (χ0) is 10.8. The monoisotopic (exact) mass is 205 g/mol. The first-order valence-electron chi connectivity index (χ1n) is 4.59. The van der Waals surface area contributed by atoms with Gasteiger partial charge in [-0.2, -0.15) is 10.2 Å². The molecule has 0 bridgehead atoms. The molecule has 0 N–H and O–H groups in total. The third-order valence-corrected chi connectivity index (χ3v) is 2.19. The van der Waals surface area contributed by atoms with Crippen LogP contribution in [0.15, 0.2) is 24.9 Å². The van der Waals surface area contributed by atoms with E-state index in [9.17, 15) is 4.79 Å². The highest BCUT2D eigenvalue weighted by atomic mass is 16.2. The molecule has 0 saturated carbocycles. The highest BCUT2D eigenvalue weighted by Crippen LogP contribution is 2.13. The Morgan fingerprint density at radius 3 is 2.87 bits per heavy atom. The summed E-state index contributed by atoms with van der Waals surface area (Å²) in [5.41, 5.74) is 0.788. The molecule has 0 spiro atoms. The lowest BCUT2D eigenvalue weighted by atomic mass is 10.2. The molecule has 0 aliphatic rings. The van der Waals surface area contributed by atoms with Crippen LogP contribution in [-0.2, 0) is 0 Å². The summed E-state index contributed by atoms with van der Waals surface area (Å²) in [6.45, 7) is 3.42.